The molecule has 1 aliphatic rings. The van der Waals surface area contributed by atoms with Gasteiger partial charge in [-0.25, -0.2) is 4.39 Å². The number of nitrogens with one attached hydrogen (secondary N) is 1. The van der Waals surface area contributed by atoms with Crippen molar-refractivity contribution in [1.82, 2.24) is 10.2 Å². The van der Waals surface area contributed by atoms with Crippen LogP contribution in [0.2, 0.25) is 0 Å². The zero-order valence-corrected chi connectivity index (χ0v) is 15.0. The Morgan fingerprint density at radius 3 is 2.31 bits per heavy atom. The summed E-state index contributed by atoms with van der Waals surface area (Å²) < 4.78 is 18.1. The van der Waals surface area contributed by atoms with E-state index in [4.69, 9.17) is 4.74 Å². The predicted octanol–water partition coefficient (Wildman–Crippen LogP) is 2.39. The van der Waals surface area contributed by atoms with Crippen molar-refractivity contribution in [3.63, 3.8) is 0 Å². The molecular weight excluding hydrogens is 333 g/mol. The van der Waals surface area contributed by atoms with E-state index in [1.165, 1.54) is 12.1 Å². The largest absolute Gasteiger partial charge is 0.497 e. The molecule has 1 heterocycles. The lowest BCUT2D eigenvalue weighted by molar-refractivity contribution is 0.0947. The first-order chi connectivity index (χ1) is 12.7. The van der Waals surface area contributed by atoms with E-state index in [-0.39, 0.29) is 11.7 Å². The maximum Gasteiger partial charge on any atom is 0.251 e. The summed E-state index contributed by atoms with van der Waals surface area (Å²) in [6, 6.07) is 13.7. The molecule has 1 aliphatic heterocycles. The molecule has 0 aromatic heterocycles. The van der Waals surface area contributed by atoms with Crippen LogP contribution < -0.4 is 15.0 Å². The maximum atomic E-state index is 13.0. The molecule has 0 saturated carbocycles. The number of carbonyl (C=O) groups excluding carboxylic acids is 1. The van der Waals surface area contributed by atoms with Gasteiger partial charge < -0.3 is 15.0 Å². The molecule has 2 aromatic rings. The molecule has 0 bridgehead atoms. The van der Waals surface area contributed by atoms with Gasteiger partial charge in [-0.3, -0.25) is 9.69 Å². The van der Waals surface area contributed by atoms with Crippen molar-refractivity contribution in [3.05, 3.63) is 59.9 Å². The van der Waals surface area contributed by atoms with Gasteiger partial charge >= 0.3 is 0 Å². The van der Waals surface area contributed by atoms with Crippen LogP contribution in [0, 0.1) is 5.82 Å². The summed E-state index contributed by atoms with van der Waals surface area (Å²) in [7, 11) is 1.60. The van der Waals surface area contributed by atoms with Crippen molar-refractivity contribution in [2.24, 2.45) is 0 Å². The minimum absolute atomic E-state index is 0.0717. The number of hydrogen-bond donors (Lipinski definition) is 1. The average molecular weight is 357 g/mol. The van der Waals surface area contributed by atoms with Gasteiger partial charge in [-0.1, -0.05) is 0 Å². The fourth-order valence-electron chi connectivity index (χ4n) is 3.05. The summed E-state index contributed by atoms with van der Waals surface area (Å²) in [5.74, 6) is 0.457. The van der Waals surface area contributed by atoms with E-state index in [0.717, 1.165) is 44.2 Å². The number of piperazine rings is 1. The lowest BCUT2D eigenvalue weighted by Gasteiger charge is -2.36. The van der Waals surface area contributed by atoms with Crippen molar-refractivity contribution < 1.29 is 13.9 Å². The highest BCUT2D eigenvalue weighted by Gasteiger charge is 2.17. The Morgan fingerprint density at radius 2 is 1.69 bits per heavy atom. The molecule has 0 unspecified atom stereocenters. The molecule has 1 N–H and O–H groups in total. The van der Waals surface area contributed by atoms with Gasteiger partial charge in [0.25, 0.3) is 5.91 Å². The molecule has 1 fully saturated rings. The van der Waals surface area contributed by atoms with Gasteiger partial charge in [-0.05, 0) is 48.5 Å². The van der Waals surface area contributed by atoms with Crippen molar-refractivity contribution in [2.45, 2.75) is 0 Å². The molecule has 0 radical (unpaired) electrons. The van der Waals surface area contributed by atoms with Gasteiger partial charge in [0.15, 0.2) is 0 Å². The third-order valence-electron chi connectivity index (χ3n) is 4.63. The first-order valence-corrected chi connectivity index (χ1v) is 8.81. The van der Waals surface area contributed by atoms with Crippen LogP contribution in [0.4, 0.5) is 10.1 Å². The van der Waals surface area contributed by atoms with Crippen LogP contribution in [0.1, 0.15) is 10.4 Å². The first-order valence-electron chi connectivity index (χ1n) is 8.81. The fraction of sp³-hybridized carbons (Fsp3) is 0.350. The van der Waals surface area contributed by atoms with Crippen LogP contribution in [0.25, 0.3) is 0 Å². The Bertz CT molecular complexity index is 711. The van der Waals surface area contributed by atoms with E-state index in [2.05, 4.69) is 15.1 Å². The van der Waals surface area contributed by atoms with Crippen molar-refractivity contribution in [2.75, 3.05) is 51.3 Å². The highest BCUT2D eigenvalue weighted by molar-refractivity contribution is 5.94. The van der Waals surface area contributed by atoms with Crippen LogP contribution in [-0.4, -0.2) is 57.2 Å². The average Bonchev–Trinajstić information content (AvgIpc) is 2.69. The molecule has 3 rings (SSSR count). The van der Waals surface area contributed by atoms with E-state index < -0.39 is 0 Å². The molecule has 6 heteroatoms. The highest BCUT2D eigenvalue weighted by Crippen LogP contribution is 2.16. The molecule has 138 valence electrons. The predicted molar refractivity (Wildman–Crippen MR) is 100 cm³/mol. The van der Waals surface area contributed by atoms with Crippen LogP contribution in [0.3, 0.4) is 0 Å². The number of amides is 1. The molecule has 5 nitrogen and oxygen atoms in total. The number of anilines is 1. The molecular formula is C20H24FN3O2. The Kier molecular flexibility index (Phi) is 6.07. The Balaban J connectivity index is 1.39. The van der Waals surface area contributed by atoms with Gasteiger partial charge in [0.05, 0.1) is 7.11 Å². The highest BCUT2D eigenvalue weighted by atomic mass is 19.1. The van der Waals surface area contributed by atoms with Gasteiger partial charge in [0.2, 0.25) is 0 Å². The number of rotatable bonds is 6. The summed E-state index contributed by atoms with van der Waals surface area (Å²) >= 11 is 0. The third-order valence-corrected chi connectivity index (χ3v) is 4.63. The number of carbonyl (C=O) groups is 1. The Hall–Kier alpha value is -2.60. The summed E-state index contributed by atoms with van der Waals surface area (Å²) in [5, 5.41) is 2.96. The van der Waals surface area contributed by atoms with Crippen LogP contribution in [-0.2, 0) is 0 Å². The molecule has 0 atom stereocenters. The number of benzene rings is 2. The lowest BCUT2D eigenvalue weighted by Crippen LogP contribution is -2.48. The molecule has 1 amide bonds. The zero-order valence-electron chi connectivity index (χ0n) is 15.0. The van der Waals surface area contributed by atoms with E-state index in [9.17, 15) is 9.18 Å². The minimum Gasteiger partial charge on any atom is -0.497 e. The van der Waals surface area contributed by atoms with Crippen molar-refractivity contribution in [1.29, 1.82) is 0 Å². The summed E-state index contributed by atoms with van der Waals surface area (Å²) in [4.78, 5) is 16.7. The third kappa shape index (κ3) is 4.73. The molecule has 2 aromatic carbocycles. The first kappa shape index (κ1) is 18.2. The van der Waals surface area contributed by atoms with E-state index >= 15 is 0 Å². The van der Waals surface area contributed by atoms with E-state index in [0.29, 0.717) is 12.1 Å². The number of hydrogen-bond acceptors (Lipinski definition) is 4. The second-order valence-corrected chi connectivity index (χ2v) is 6.29. The minimum atomic E-state index is -0.208. The van der Waals surface area contributed by atoms with Crippen LogP contribution in [0.15, 0.2) is 48.5 Å². The molecule has 0 spiro atoms. The Labute approximate surface area is 153 Å². The van der Waals surface area contributed by atoms with Gasteiger partial charge in [0.1, 0.15) is 11.6 Å². The Morgan fingerprint density at radius 1 is 1.04 bits per heavy atom. The van der Waals surface area contributed by atoms with Gasteiger partial charge in [-0.15, -0.1) is 0 Å². The maximum absolute atomic E-state index is 13.0. The zero-order chi connectivity index (χ0) is 18.4. The van der Waals surface area contributed by atoms with Crippen LogP contribution in [0.5, 0.6) is 5.75 Å². The van der Waals surface area contributed by atoms with Crippen molar-refractivity contribution in [3.8, 4) is 5.75 Å². The number of methoxy groups -OCH3 is 1. The molecule has 1 saturated heterocycles. The van der Waals surface area contributed by atoms with Gasteiger partial charge in [0, 0.05) is 50.5 Å². The second-order valence-electron chi connectivity index (χ2n) is 6.29. The summed E-state index contributed by atoms with van der Waals surface area (Å²) in [6.45, 7) is 5.09. The smallest absolute Gasteiger partial charge is 0.251 e. The second kappa shape index (κ2) is 8.67. The summed E-state index contributed by atoms with van der Waals surface area (Å²) in [5.41, 5.74) is 1.69. The normalized spacial score (nSPS) is 14.9. The standard InChI is InChI=1S/C20H24FN3O2/c1-26-19-8-2-16(3-9-19)20(25)22-10-11-23-12-14-24(15-13-23)18-6-4-17(21)5-7-18/h2-9H,10-15H2,1H3,(H,22,25). The number of halogens is 1. The quantitative estimate of drug-likeness (QED) is 0.862. The number of ether oxygens (including phenoxy) is 1. The van der Waals surface area contributed by atoms with E-state index in [1.807, 2.05) is 12.1 Å². The topological polar surface area (TPSA) is 44.8 Å². The summed E-state index contributed by atoms with van der Waals surface area (Å²) in [6.07, 6.45) is 0. The fourth-order valence-corrected chi connectivity index (χ4v) is 3.05. The van der Waals surface area contributed by atoms with Crippen LogP contribution >= 0.6 is 0 Å². The number of nitrogens with zero attached hydrogens (tertiary/aromatic N) is 2. The van der Waals surface area contributed by atoms with Crippen molar-refractivity contribution >= 4 is 11.6 Å². The lowest BCUT2D eigenvalue weighted by atomic mass is 10.2. The molecule has 26 heavy (non-hydrogen) atoms. The van der Waals surface area contributed by atoms with Gasteiger partial charge in [-0.2, -0.15) is 0 Å². The SMILES string of the molecule is COc1ccc(C(=O)NCCN2CCN(c3ccc(F)cc3)CC2)cc1. The monoisotopic (exact) mass is 357 g/mol. The van der Waals surface area contributed by atoms with E-state index in [1.54, 1.807) is 31.4 Å². The molecule has 0 aliphatic carbocycles.